The molecule has 0 aromatic heterocycles. The molecule has 0 radical (unpaired) electrons. The molecule has 5 aromatic carbocycles. The summed E-state index contributed by atoms with van der Waals surface area (Å²) >= 11 is 12.5. The predicted molar refractivity (Wildman–Crippen MR) is 200 cm³/mol. The van der Waals surface area contributed by atoms with Gasteiger partial charge in [0.15, 0.2) is 0 Å². The Bertz CT molecular complexity index is 2040. The quantitative estimate of drug-likeness (QED) is 0.143. The highest BCUT2D eigenvalue weighted by Crippen LogP contribution is 2.33. The Morgan fingerprint density at radius 2 is 1.39 bits per heavy atom. The van der Waals surface area contributed by atoms with Crippen LogP contribution in [0.2, 0.25) is 10.0 Å². The summed E-state index contributed by atoms with van der Waals surface area (Å²) in [6, 6.07) is 38.8. The topological polar surface area (TPSA) is 80.7 Å². The number of ether oxygens (including phenoxy) is 3. The van der Waals surface area contributed by atoms with Crippen LogP contribution >= 0.6 is 23.2 Å². The van der Waals surface area contributed by atoms with Crippen molar-refractivity contribution in [3.05, 3.63) is 171 Å². The van der Waals surface area contributed by atoms with Crippen LogP contribution in [0.5, 0.6) is 11.5 Å². The Kier molecular flexibility index (Phi) is 11.4. The van der Waals surface area contributed by atoms with Gasteiger partial charge in [0, 0.05) is 12.1 Å². The van der Waals surface area contributed by atoms with Crippen molar-refractivity contribution in [2.75, 3.05) is 14.2 Å². The summed E-state index contributed by atoms with van der Waals surface area (Å²) in [6.45, 7) is 0.473. The third-order valence-electron chi connectivity index (χ3n) is 8.36. The van der Waals surface area contributed by atoms with Crippen molar-refractivity contribution in [1.82, 2.24) is 9.80 Å². The average molecular weight is 721 g/mol. The van der Waals surface area contributed by atoms with Crippen LogP contribution in [0.1, 0.15) is 32.6 Å². The zero-order valence-electron chi connectivity index (χ0n) is 28.0. The van der Waals surface area contributed by atoms with Gasteiger partial charge in [0.25, 0.3) is 5.91 Å². The molecule has 1 aliphatic heterocycles. The lowest BCUT2D eigenvalue weighted by molar-refractivity contribution is 0.0999. The van der Waals surface area contributed by atoms with E-state index in [-0.39, 0.29) is 23.2 Å². The standard InChI is InChI=1S/C41H35Cl2N3O5/c1-45-37(23-28-15-20-34(21-16-28)50-26-30-9-5-3-6-10-30)38(24-29-13-18-33(49-2)19-14-29)46(41(48)51-27-31-11-7-4-8-12-31)40(45)44-39(47)35-22-17-32(42)25-36(35)43/h3-22,24-25,37H,23,26-27H2,1-2H3/b38-24+,44-40?. The molecule has 258 valence electrons. The molecular formula is C41H35Cl2N3O5. The lowest BCUT2D eigenvalue weighted by Gasteiger charge is -2.20. The Balaban J connectivity index is 1.37. The van der Waals surface area contributed by atoms with E-state index >= 15 is 0 Å². The summed E-state index contributed by atoms with van der Waals surface area (Å²) in [5.74, 6) is 0.884. The zero-order chi connectivity index (χ0) is 35.7. The van der Waals surface area contributed by atoms with Crippen molar-refractivity contribution in [1.29, 1.82) is 0 Å². The lowest BCUT2D eigenvalue weighted by atomic mass is 10.0. The highest BCUT2D eigenvalue weighted by atomic mass is 35.5. The molecule has 51 heavy (non-hydrogen) atoms. The van der Waals surface area contributed by atoms with Crippen LogP contribution in [0, 0.1) is 0 Å². The smallest absolute Gasteiger partial charge is 0.421 e. The van der Waals surface area contributed by atoms with Crippen molar-refractivity contribution in [3.8, 4) is 11.5 Å². The number of methoxy groups -OCH3 is 1. The van der Waals surface area contributed by atoms with Gasteiger partial charge >= 0.3 is 6.09 Å². The van der Waals surface area contributed by atoms with E-state index in [0.717, 1.165) is 28.0 Å². The van der Waals surface area contributed by atoms with Crippen molar-refractivity contribution in [3.63, 3.8) is 0 Å². The molecule has 6 rings (SSSR count). The summed E-state index contributed by atoms with van der Waals surface area (Å²) in [4.78, 5) is 35.4. The number of halogens is 2. The van der Waals surface area contributed by atoms with Gasteiger partial charge in [0.1, 0.15) is 24.7 Å². The lowest BCUT2D eigenvalue weighted by Crippen LogP contribution is -2.37. The number of rotatable bonds is 10. The SMILES string of the molecule is COc1ccc(/C=C2\C(Cc3ccc(OCc4ccccc4)cc3)N(C)C(=NC(=O)c3ccc(Cl)cc3Cl)N2C(=O)OCc2ccccc2)cc1. The highest BCUT2D eigenvalue weighted by Gasteiger charge is 2.43. The maximum absolute atomic E-state index is 14.1. The Hall–Kier alpha value is -5.57. The molecule has 0 saturated carbocycles. The van der Waals surface area contributed by atoms with Gasteiger partial charge in [0.05, 0.1) is 29.4 Å². The van der Waals surface area contributed by atoms with Crippen LogP contribution in [0.3, 0.4) is 0 Å². The largest absolute Gasteiger partial charge is 0.497 e. The second-order valence-electron chi connectivity index (χ2n) is 11.8. The molecule has 2 amide bonds. The Morgan fingerprint density at radius 1 is 0.765 bits per heavy atom. The maximum Gasteiger partial charge on any atom is 0.421 e. The molecule has 1 unspecified atom stereocenters. The molecule has 1 fully saturated rings. The fraction of sp³-hybridized carbons (Fsp3) is 0.146. The average Bonchev–Trinajstić information content (AvgIpc) is 3.40. The first-order valence-corrected chi connectivity index (χ1v) is 17.0. The molecule has 1 saturated heterocycles. The van der Waals surface area contributed by atoms with E-state index in [2.05, 4.69) is 4.99 Å². The number of hydrogen-bond donors (Lipinski definition) is 0. The molecular weight excluding hydrogens is 685 g/mol. The number of aliphatic imine (C=N–C) groups is 1. The molecule has 0 aliphatic carbocycles. The number of likely N-dealkylation sites (N-methyl/N-ethyl adjacent to an activating group) is 1. The third-order valence-corrected chi connectivity index (χ3v) is 8.91. The molecule has 1 aliphatic rings. The molecule has 0 N–H and O–H groups in total. The van der Waals surface area contributed by atoms with E-state index in [1.54, 1.807) is 25.1 Å². The van der Waals surface area contributed by atoms with E-state index in [1.807, 2.05) is 115 Å². The van der Waals surface area contributed by atoms with E-state index in [9.17, 15) is 9.59 Å². The van der Waals surface area contributed by atoms with Gasteiger partial charge in [-0.15, -0.1) is 0 Å². The fourth-order valence-electron chi connectivity index (χ4n) is 5.63. The van der Waals surface area contributed by atoms with Gasteiger partial charge in [-0.05, 0) is 77.2 Å². The zero-order valence-corrected chi connectivity index (χ0v) is 29.6. The van der Waals surface area contributed by atoms with Gasteiger partial charge in [-0.25, -0.2) is 9.69 Å². The second kappa shape index (κ2) is 16.4. The molecule has 10 heteroatoms. The van der Waals surface area contributed by atoms with E-state index in [4.69, 9.17) is 37.4 Å². The third kappa shape index (κ3) is 8.78. The van der Waals surface area contributed by atoms with Crippen molar-refractivity contribution in [2.45, 2.75) is 25.7 Å². The molecule has 0 bridgehead atoms. The van der Waals surface area contributed by atoms with Crippen LogP contribution in [-0.4, -0.2) is 48.0 Å². The second-order valence-corrected chi connectivity index (χ2v) is 12.7. The first-order chi connectivity index (χ1) is 24.8. The van der Waals surface area contributed by atoms with Gasteiger partial charge in [0.2, 0.25) is 5.96 Å². The number of hydrogen-bond acceptors (Lipinski definition) is 5. The minimum absolute atomic E-state index is 0.0229. The van der Waals surface area contributed by atoms with Crippen molar-refractivity contribution >= 4 is 47.2 Å². The number of nitrogens with zero attached hydrogens (tertiary/aromatic N) is 3. The Morgan fingerprint density at radius 3 is 2.02 bits per heavy atom. The summed E-state index contributed by atoms with van der Waals surface area (Å²) in [6.07, 6.45) is 1.67. The molecule has 5 aromatic rings. The monoisotopic (exact) mass is 719 g/mol. The van der Waals surface area contributed by atoms with Gasteiger partial charge in [-0.2, -0.15) is 4.99 Å². The Labute approximate surface area is 307 Å². The summed E-state index contributed by atoms with van der Waals surface area (Å²) in [5, 5.41) is 0.533. The predicted octanol–water partition coefficient (Wildman–Crippen LogP) is 9.31. The van der Waals surface area contributed by atoms with Gasteiger partial charge in [-0.3, -0.25) is 4.79 Å². The number of carbonyl (C=O) groups excluding carboxylic acids is 2. The van der Waals surface area contributed by atoms with Crippen LogP contribution in [0.15, 0.2) is 138 Å². The van der Waals surface area contributed by atoms with Crippen LogP contribution in [-0.2, 0) is 24.4 Å². The van der Waals surface area contributed by atoms with Crippen LogP contribution in [0.25, 0.3) is 6.08 Å². The summed E-state index contributed by atoms with van der Waals surface area (Å²) in [5.41, 5.74) is 4.39. The van der Waals surface area contributed by atoms with Gasteiger partial charge < -0.3 is 19.1 Å². The van der Waals surface area contributed by atoms with Crippen molar-refractivity contribution in [2.24, 2.45) is 4.99 Å². The molecule has 1 atom stereocenters. The minimum Gasteiger partial charge on any atom is -0.497 e. The normalized spacial score (nSPS) is 15.6. The summed E-state index contributed by atoms with van der Waals surface area (Å²) < 4.78 is 17.2. The van der Waals surface area contributed by atoms with E-state index in [0.29, 0.717) is 29.5 Å². The first kappa shape index (κ1) is 35.3. The number of benzene rings is 5. The summed E-state index contributed by atoms with van der Waals surface area (Å²) in [7, 11) is 3.40. The number of amides is 2. The minimum atomic E-state index is -0.689. The number of carbonyl (C=O) groups is 2. The molecule has 8 nitrogen and oxygen atoms in total. The van der Waals surface area contributed by atoms with Crippen molar-refractivity contribution < 1.29 is 23.8 Å². The maximum atomic E-state index is 14.1. The first-order valence-electron chi connectivity index (χ1n) is 16.2. The fourth-order valence-corrected chi connectivity index (χ4v) is 6.12. The van der Waals surface area contributed by atoms with Crippen LogP contribution in [0.4, 0.5) is 4.79 Å². The highest BCUT2D eigenvalue weighted by molar-refractivity contribution is 6.37. The van der Waals surface area contributed by atoms with E-state index < -0.39 is 18.0 Å². The van der Waals surface area contributed by atoms with Crippen LogP contribution < -0.4 is 9.47 Å². The molecule has 1 heterocycles. The van der Waals surface area contributed by atoms with E-state index in [1.165, 1.54) is 17.0 Å². The van der Waals surface area contributed by atoms with Gasteiger partial charge in [-0.1, -0.05) is 108 Å². The number of guanidine groups is 1. The molecule has 0 spiro atoms.